The number of aromatic nitrogens is 3. The van der Waals surface area contributed by atoms with Gasteiger partial charge in [-0.25, -0.2) is 9.37 Å². The molecule has 0 aliphatic heterocycles. The van der Waals surface area contributed by atoms with Crippen molar-refractivity contribution in [1.29, 1.82) is 0 Å². The van der Waals surface area contributed by atoms with Crippen LogP contribution in [0.15, 0.2) is 65.5 Å². The highest BCUT2D eigenvalue weighted by molar-refractivity contribution is 5.82. The van der Waals surface area contributed by atoms with Gasteiger partial charge in [-0.3, -0.25) is 9.59 Å². The zero-order valence-corrected chi connectivity index (χ0v) is 18.1. The van der Waals surface area contributed by atoms with E-state index in [1.807, 2.05) is 25.1 Å². The molecule has 2 aromatic carbocycles. The number of aromatic amines is 1. The number of rotatable bonds is 7. The van der Waals surface area contributed by atoms with Crippen LogP contribution in [0.25, 0.3) is 10.9 Å². The third kappa shape index (κ3) is 4.94. The highest BCUT2D eigenvalue weighted by Crippen LogP contribution is 2.21. The summed E-state index contributed by atoms with van der Waals surface area (Å²) in [6.07, 6.45) is 0.618. The number of hydrogen-bond donors (Lipinski definition) is 2. The Balaban J connectivity index is 1.52. The third-order valence-corrected chi connectivity index (χ3v) is 5.51. The number of amides is 1. The first-order chi connectivity index (χ1) is 15.4. The summed E-state index contributed by atoms with van der Waals surface area (Å²) in [5, 5.41) is 4.19. The Kier molecular flexibility index (Phi) is 6.16. The fourth-order valence-electron chi connectivity index (χ4n) is 4.03. The van der Waals surface area contributed by atoms with Gasteiger partial charge in [0.15, 0.2) is 0 Å². The molecule has 1 amide bonds. The standard InChI is InChI=1S/C25H25FN4O2/c1-16-13-19-5-3-4-6-23(19)30(16)12-11-24(31)29-22(18-7-9-20(26)10-8-18)14-21-15-25(32)28-17(2)27-21/h3-10,13,15,22H,11-12,14H2,1-2H3,(H,29,31)(H,27,28,32)/t22-/m1/s1. The predicted molar refractivity (Wildman–Crippen MR) is 122 cm³/mol. The van der Waals surface area contributed by atoms with Crippen LogP contribution in [0.3, 0.4) is 0 Å². The van der Waals surface area contributed by atoms with Crippen LogP contribution in [0.4, 0.5) is 4.39 Å². The zero-order valence-electron chi connectivity index (χ0n) is 18.1. The van der Waals surface area contributed by atoms with Crippen LogP contribution in [-0.2, 0) is 17.8 Å². The van der Waals surface area contributed by atoms with Gasteiger partial charge in [-0.15, -0.1) is 0 Å². The molecule has 0 unspecified atom stereocenters. The molecule has 0 bridgehead atoms. The lowest BCUT2D eigenvalue weighted by molar-refractivity contribution is -0.122. The number of carbonyl (C=O) groups is 1. The van der Waals surface area contributed by atoms with E-state index in [2.05, 4.69) is 32.0 Å². The number of halogens is 1. The van der Waals surface area contributed by atoms with Crippen LogP contribution in [0, 0.1) is 19.7 Å². The molecule has 6 nitrogen and oxygen atoms in total. The van der Waals surface area contributed by atoms with Gasteiger partial charge in [-0.05, 0) is 49.1 Å². The highest BCUT2D eigenvalue weighted by atomic mass is 19.1. The minimum absolute atomic E-state index is 0.127. The monoisotopic (exact) mass is 432 g/mol. The topological polar surface area (TPSA) is 79.8 Å². The molecule has 2 N–H and O–H groups in total. The Bertz CT molecular complexity index is 1310. The van der Waals surface area contributed by atoms with Crippen molar-refractivity contribution < 1.29 is 9.18 Å². The number of fused-ring (bicyclic) bond motifs is 1. The summed E-state index contributed by atoms with van der Waals surface area (Å²) in [7, 11) is 0. The second-order valence-electron chi connectivity index (χ2n) is 7.94. The van der Waals surface area contributed by atoms with Gasteiger partial charge in [0.1, 0.15) is 11.6 Å². The summed E-state index contributed by atoms with van der Waals surface area (Å²) in [6, 6.07) is 17.2. The molecule has 0 saturated heterocycles. The predicted octanol–water partition coefficient (Wildman–Crippen LogP) is 3.97. The van der Waals surface area contributed by atoms with Gasteiger partial charge in [0.05, 0.1) is 11.7 Å². The largest absolute Gasteiger partial charge is 0.349 e. The van der Waals surface area contributed by atoms with E-state index in [1.54, 1.807) is 19.1 Å². The Hall–Kier alpha value is -3.74. The summed E-state index contributed by atoms with van der Waals surface area (Å²) in [5.41, 5.74) is 3.26. The first-order valence-electron chi connectivity index (χ1n) is 10.6. The number of benzene rings is 2. The molecule has 0 aliphatic rings. The molecule has 32 heavy (non-hydrogen) atoms. The zero-order chi connectivity index (χ0) is 22.7. The molecule has 1 atom stereocenters. The second kappa shape index (κ2) is 9.18. The van der Waals surface area contributed by atoms with Gasteiger partial charge in [-0.2, -0.15) is 0 Å². The summed E-state index contributed by atoms with van der Waals surface area (Å²) < 4.78 is 15.6. The van der Waals surface area contributed by atoms with Crippen LogP contribution in [-0.4, -0.2) is 20.4 Å². The van der Waals surface area contributed by atoms with Gasteiger partial charge >= 0.3 is 0 Å². The van der Waals surface area contributed by atoms with Crippen molar-refractivity contribution in [2.24, 2.45) is 0 Å². The van der Waals surface area contributed by atoms with Crippen LogP contribution in [0.1, 0.15) is 35.2 Å². The number of nitrogens with zero attached hydrogens (tertiary/aromatic N) is 2. The first-order valence-corrected chi connectivity index (χ1v) is 10.6. The van der Waals surface area contributed by atoms with Crippen molar-refractivity contribution in [3.05, 3.63) is 99.6 Å². The normalized spacial score (nSPS) is 12.1. The molecule has 0 spiro atoms. The fourth-order valence-corrected chi connectivity index (χ4v) is 4.03. The van der Waals surface area contributed by atoms with E-state index < -0.39 is 6.04 Å². The van der Waals surface area contributed by atoms with E-state index in [-0.39, 0.29) is 17.3 Å². The summed E-state index contributed by atoms with van der Waals surface area (Å²) in [5.74, 6) is 0.0311. The van der Waals surface area contributed by atoms with Crippen molar-refractivity contribution >= 4 is 16.8 Å². The number of hydrogen-bond acceptors (Lipinski definition) is 3. The lowest BCUT2D eigenvalue weighted by Crippen LogP contribution is -2.31. The molecule has 0 radical (unpaired) electrons. The maximum Gasteiger partial charge on any atom is 0.251 e. The SMILES string of the molecule is Cc1nc(C[C@@H](NC(=O)CCn2c(C)cc3ccccc32)c2ccc(F)cc2)cc(=O)[nH]1. The van der Waals surface area contributed by atoms with E-state index in [9.17, 15) is 14.0 Å². The molecule has 164 valence electrons. The third-order valence-electron chi connectivity index (χ3n) is 5.51. The number of H-pyrrole nitrogens is 1. The minimum Gasteiger partial charge on any atom is -0.349 e. The lowest BCUT2D eigenvalue weighted by atomic mass is 10.0. The van der Waals surface area contributed by atoms with Crippen LogP contribution >= 0.6 is 0 Å². The van der Waals surface area contributed by atoms with E-state index in [4.69, 9.17) is 0 Å². The van der Waals surface area contributed by atoms with Gasteiger partial charge in [0, 0.05) is 36.7 Å². The average molecular weight is 432 g/mol. The molecule has 0 saturated carbocycles. The molecule has 7 heteroatoms. The number of nitrogens with one attached hydrogen (secondary N) is 2. The van der Waals surface area contributed by atoms with Gasteiger partial charge < -0.3 is 14.9 Å². The van der Waals surface area contributed by atoms with Crippen molar-refractivity contribution in [3.63, 3.8) is 0 Å². The highest BCUT2D eigenvalue weighted by Gasteiger charge is 2.17. The number of carbonyl (C=O) groups excluding carboxylic acids is 1. The van der Waals surface area contributed by atoms with Crippen LogP contribution < -0.4 is 10.9 Å². The summed E-state index contributed by atoms with van der Waals surface area (Å²) in [6.45, 7) is 4.28. The van der Waals surface area contributed by atoms with E-state index in [0.29, 0.717) is 30.9 Å². The Morgan fingerprint density at radius 1 is 1.12 bits per heavy atom. The average Bonchev–Trinajstić information content (AvgIpc) is 3.06. The van der Waals surface area contributed by atoms with E-state index in [0.717, 1.165) is 22.2 Å². The fraction of sp³-hybridized carbons (Fsp3) is 0.240. The Morgan fingerprint density at radius 3 is 2.62 bits per heavy atom. The van der Waals surface area contributed by atoms with Gasteiger partial charge in [0.2, 0.25) is 5.91 Å². The van der Waals surface area contributed by atoms with Crippen molar-refractivity contribution in [2.75, 3.05) is 0 Å². The molecule has 4 aromatic rings. The Labute approximate surface area is 185 Å². The quantitative estimate of drug-likeness (QED) is 0.464. The first kappa shape index (κ1) is 21.5. The number of aryl methyl sites for hydroxylation is 3. The molecular formula is C25H25FN4O2. The van der Waals surface area contributed by atoms with E-state index >= 15 is 0 Å². The lowest BCUT2D eigenvalue weighted by Gasteiger charge is -2.20. The van der Waals surface area contributed by atoms with Crippen LogP contribution in [0.2, 0.25) is 0 Å². The van der Waals surface area contributed by atoms with Crippen LogP contribution in [0.5, 0.6) is 0 Å². The number of para-hydroxylation sites is 1. The minimum atomic E-state index is -0.431. The molecule has 0 aliphatic carbocycles. The van der Waals surface area contributed by atoms with Crippen molar-refractivity contribution in [1.82, 2.24) is 19.9 Å². The van der Waals surface area contributed by atoms with Crippen molar-refractivity contribution in [3.8, 4) is 0 Å². The van der Waals surface area contributed by atoms with Crippen molar-refractivity contribution in [2.45, 2.75) is 39.3 Å². The maximum absolute atomic E-state index is 13.4. The molecule has 2 heterocycles. The second-order valence-corrected chi connectivity index (χ2v) is 7.94. The Morgan fingerprint density at radius 2 is 1.88 bits per heavy atom. The summed E-state index contributed by atoms with van der Waals surface area (Å²) in [4.78, 5) is 31.7. The summed E-state index contributed by atoms with van der Waals surface area (Å²) >= 11 is 0. The van der Waals surface area contributed by atoms with E-state index in [1.165, 1.54) is 18.2 Å². The molecule has 4 rings (SSSR count). The smallest absolute Gasteiger partial charge is 0.251 e. The molecular weight excluding hydrogens is 407 g/mol. The van der Waals surface area contributed by atoms with Gasteiger partial charge in [-0.1, -0.05) is 30.3 Å². The maximum atomic E-state index is 13.4. The molecule has 2 aromatic heterocycles. The molecule has 0 fully saturated rings. The van der Waals surface area contributed by atoms with Gasteiger partial charge in [0.25, 0.3) is 5.56 Å².